The number of likely N-dealkylation sites (tertiary alicyclic amines) is 1. The molecule has 3 saturated heterocycles. The summed E-state index contributed by atoms with van der Waals surface area (Å²) in [6, 6.07) is 5.21. The third-order valence-corrected chi connectivity index (χ3v) is 10.5. The van der Waals surface area contributed by atoms with Crippen molar-refractivity contribution in [1.29, 1.82) is 5.26 Å². The number of hydrogen-bond acceptors (Lipinski definition) is 10. The lowest BCUT2D eigenvalue weighted by molar-refractivity contribution is 0.0977. The maximum atomic E-state index is 16.7. The molecular weight excluding hydrogens is 601 g/mol. The van der Waals surface area contributed by atoms with Gasteiger partial charge in [0.2, 0.25) is 0 Å². The Morgan fingerprint density at radius 2 is 2.02 bits per heavy atom. The average Bonchev–Trinajstić information content (AvgIpc) is 3.57. The van der Waals surface area contributed by atoms with E-state index in [1.807, 2.05) is 13.0 Å². The van der Waals surface area contributed by atoms with Crippen LogP contribution < -0.4 is 20.7 Å². The Labute approximate surface area is 262 Å². The van der Waals surface area contributed by atoms with Crippen LogP contribution in [-0.2, 0) is 0 Å². The SMILES string of the molecule is CCN1CC/C(=C\F)[C@](C)(COc2nc(N3C[C@H]4CC[C@@H](C3)N4)c3cnc(-c4ccc(F)c5sc(N)c(C#N)c45)c(F)c3n2)C1. The Morgan fingerprint density at radius 3 is 2.73 bits per heavy atom. The number of aromatic nitrogens is 3. The second-order valence-electron chi connectivity index (χ2n) is 12.4. The van der Waals surface area contributed by atoms with Crippen molar-refractivity contribution in [3.63, 3.8) is 0 Å². The predicted molar refractivity (Wildman–Crippen MR) is 169 cm³/mol. The first-order chi connectivity index (χ1) is 21.7. The summed E-state index contributed by atoms with van der Waals surface area (Å²) in [5.74, 6) is -0.786. The van der Waals surface area contributed by atoms with Gasteiger partial charge < -0.3 is 25.6 Å². The van der Waals surface area contributed by atoms with E-state index < -0.39 is 17.0 Å². The van der Waals surface area contributed by atoms with E-state index in [1.165, 1.54) is 18.3 Å². The Bertz CT molecular complexity index is 1880. The fourth-order valence-corrected chi connectivity index (χ4v) is 8.00. The van der Waals surface area contributed by atoms with Crippen molar-refractivity contribution in [2.75, 3.05) is 50.0 Å². The molecule has 0 radical (unpaired) electrons. The average molecular weight is 635 g/mol. The molecule has 3 aliphatic heterocycles. The maximum absolute atomic E-state index is 16.7. The van der Waals surface area contributed by atoms with E-state index in [0.29, 0.717) is 49.2 Å². The molecule has 6 heterocycles. The van der Waals surface area contributed by atoms with E-state index >= 15 is 4.39 Å². The minimum Gasteiger partial charge on any atom is -0.462 e. The molecule has 3 atom stereocenters. The molecule has 3 fully saturated rings. The first kappa shape index (κ1) is 29.7. The van der Waals surface area contributed by atoms with Crippen molar-refractivity contribution in [2.45, 2.75) is 45.2 Å². The van der Waals surface area contributed by atoms with Crippen molar-refractivity contribution in [3.8, 4) is 23.3 Å². The summed E-state index contributed by atoms with van der Waals surface area (Å²) in [5, 5.41) is 14.2. The smallest absolute Gasteiger partial charge is 0.319 e. The van der Waals surface area contributed by atoms with Crippen LogP contribution in [-0.4, -0.2) is 71.3 Å². The van der Waals surface area contributed by atoms with Gasteiger partial charge in [-0.25, -0.2) is 13.2 Å². The van der Waals surface area contributed by atoms with Gasteiger partial charge >= 0.3 is 6.01 Å². The number of hydrogen-bond donors (Lipinski definition) is 2. The number of piperazine rings is 1. The number of ether oxygens (including phenoxy) is 1. The topological polar surface area (TPSA) is 116 Å². The first-order valence-corrected chi connectivity index (χ1v) is 16.0. The van der Waals surface area contributed by atoms with Gasteiger partial charge in [-0.15, -0.1) is 11.3 Å². The number of halogens is 3. The van der Waals surface area contributed by atoms with E-state index in [4.69, 9.17) is 15.5 Å². The molecule has 2 bridgehead atoms. The van der Waals surface area contributed by atoms with Gasteiger partial charge in [-0.05, 0) is 43.5 Å². The minimum atomic E-state index is -0.744. The summed E-state index contributed by atoms with van der Waals surface area (Å²) in [5.41, 5.74) is 6.31. The van der Waals surface area contributed by atoms with Gasteiger partial charge in [0.05, 0.1) is 22.0 Å². The highest BCUT2D eigenvalue weighted by atomic mass is 32.1. The number of rotatable bonds is 6. The summed E-state index contributed by atoms with van der Waals surface area (Å²) >= 11 is 0.939. The molecular formula is C32H33F3N8OS. The van der Waals surface area contributed by atoms with Crippen LogP contribution in [0.5, 0.6) is 6.01 Å². The van der Waals surface area contributed by atoms with Gasteiger partial charge in [-0.3, -0.25) is 4.98 Å². The van der Waals surface area contributed by atoms with Gasteiger partial charge in [0.25, 0.3) is 0 Å². The Morgan fingerprint density at radius 1 is 1.24 bits per heavy atom. The number of nitrogens with zero attached hydrogens (tertiary/aromatic N) is 6. The molecule has 234 valence electrons. The third-order valence-electron chi connectivity index (χ3n) is 9.49. The van der Waals surface area contributed by atoms with Gasteiger partial charge in [0.1, 0.15) is 40.5 Å². The summed E-state index contributed by atoms with van der Waals surface area (Å²) < 4.78 is 51.8. The number of nitrogens with two attached hydrogens (primary N) is 1. The van der Waals surface area contributed by atoms with Crippen LogP contribution in [0.15, 0.2) is 30.2 Å². The zero-order valence-corrected chi connectivity index (χ0v) is 25.9. The molecule has 3 aromatic heterocycles. The predicted octanol–water partition coefficient (Wildman–Crippen LogP) is 5.54. The number of nitrogen functional groups attached to an aromatic ring is 1. The summed E-state index contributed by atoms with van der Waals surface area (Å²) in [6.45, 7) is 7.70. The molecule has 0 spiro atoms. The molecule has 0 amide bonds. The van der Waals surface area contributed by atoms with E-state index in [-0.39, 0.29) is 62.1 Å². The zero-order chi connectivity index (χ0) is 31.5. The number of piperidine rings is 1. The monoisotopic (exact) mass is 634 g/mol. The van der Waals surface area contributed by atoms with Gasteiger partial charge in [-0.1, -0.05) is 13.8 Å². The van der Waals surface area contributed by atoms with Crippen LogP contribution in [0.1, 0.15) is 38.7 Å². The third kappa shape index (κ3) is 5.05. The van der Waals surface area contributed by atoms with Gasteiger partial charge in [0, 0.05) is 60.8 Å². The fourth-order valence-electron chi connectivity index (χ4n) is 7.06. The number of thiophene rings is 1. The lowest BCUT2D eigenvalue weighted by Gasteiger charge is -2.41. The van der Waals surface area contributed by atoms with Crippen LogP contribution in [0.3, 0.4) is 0 Å². The molecule has 1 aromatic carbocycles. The van der Waals surface area contributed by atoms with Crippen molar-refractivity contribution in [2.24, 2.45) is 5.41 Å². The normalized spacial score (nSPS) is 24.5. The van der Waals surface area contributed by atoms with E-state index in [1.54, 1.807) is 0 Å². The summed E-state index contributed by atoms with van der Waals surface area (Å²) in [4.78, 5) is 18.2. The molecule has 3 N–H and O–H groups in total. The Kier molecular flexibility index (Phi) is 7.54. The summed E-state index contributed by atoms with van der Waals surface area (Å²) in [6.07, 6.45) is 4.87. The maximum Gasteiger partial charge on any atom is 0.319 e. The molecule has 0 aliphatic carbocycles. The van der Waals surface area contributed by atoms with Crippen LogP contribution in [0, 0.1) is 28.4 Å². The van der Waals surface area contributed by atoms with Gasteiger partial charge in [-0.2, -0.15) is 15.2 Å². The summed E-state index contributed by atoms with van der Waals surface area (Å²) in [7, 11) is 0. The van der Waals surface area contributed by atoms with Gasteiger partial charge in [0.15, 0.2) is 5.82 Å². The van der Waals surface area contributed by atoms with Crippen LogP contribution in [0.4, 0.5) is 24.0 Å². The van der Waals surface area contributed by atoms with Crippen molar-refractivity contribution >= 4 is 43.1 Å². The van der Waals surface area contributed by atoms with Crippen molar-refractivity contribution in [1.82, 2.24) is 25.2 Å². The minimum absolute atomic E-state index is 0.00435. The van der Waals surface area contributed by atoms with Crippen molar-refractivity contribution < 1.29 is 17.9 Å². The number of nitriles is 1. The molecule has 3 aliphatic rings. The largest absolute Gasteiger partial charge is 0.462 e. The highest BCUT2D eigenvalue weighted by Gasteiger charge is 2.37. The number of pyridine rings is 1. The van der Waals surface area contributed by atoms with Crippen LogP contribution in [0.25, 0.3) is 32.2 Å². The zero-order valence-electron chi connectivity index (χ0n) is 25.0. The molecule has 0 unspecified atom stereocenters. The van der Waals surface area contributed by atoms with Crippen LogP contribution >= 0.6 is 11.3 Å². The molecule has 7 rings (SSSR count). The lowest BCUT2D eigenvalue weighted by Crippen LogP contribution is -2.51. The number of fused-ring (bicyclic) bond motifs is 4. The van der Waals surface area contributed by atoms with Crippen LogP contribution in [0.2, 0.25) is 0 Å². The number of benzene rings is 1. The van der Waals surface area contributed by atoms with E-state index in [2.05, 4.69) is 32.0 Å². The number of anilines is 2. The highest BCUT2D eigenvalue weighted by Crippen LogP contribution is 2.43. The molecule has 13 heteroatoms. The molecule has 45 heavy (non-hydrogen) atoms. The molecule has 0 saturated carbocycles. The van der Waals surface area contributed by atoms with Crippen molar-refractivity contribution in [3.05, 3.63) is 47.4 Å². The second kappa shape index (κ2) is 11.4. The lowest BCUT2D eigenvalue weighted by atomic mass is 9.78. The quantitative estimate of drug-likeness (QED) is 0.282. The second-order valence-corrected chi connectivity index (χ2v) is 13.5. The standard InChI is InChI=1S/C32H33F3N8OS/c1-3-42-9-8-17(10-33)32(2,15-42)16-44-31-40-27-22(30(41-31)43-13-18-4-5-19(14-43)39-18)12-38-26(25(27)35)20-6-7-23(34)28-24(20)21(11-36)29(37)45-28/h6-7,10,12,18-19,39H,3-5,8-9,13-16,37H2,1-2H3/b17-10+/t18-,19+,32-/m0/s1. The number of nitrogens with one attached hydrogen (secondary N) is 1. The first-order valence-electron chi connectivity index (χ1n) is 15.2. The fraction of sp³-hybridized carbons (Fsp3) is 0.438. The molecule has 9 nitrogen and oxygen atoms in total. The Balaban J connectivity index is 1.35. The van der Waals surface area contributed by atoms with E-state index in [9.17, 15) is 14.0 Å². The Hall–Kier alpha value is -3.99. The highest BCUT2D eigenvalue weighted by molar-refractivity contribution is 7.23. The molecule has 4 aromatic rings. The van der Waals surface area contributed by atoms with E-state index in [0.717, 1.165) is 37.3 Å².